The molecule has 4 N–H and O–H groups in total. The number of aromatic amines is 1. The van der Waals surface area contributed by atoms with Crippen LogP contribution in [0.1, 0.15) is 31.4 Å². The highest BCUT2D eigenvalue weighted by molar-refractivity contribution is 7.89. The van der Waals surface area contributed by atoms with Crippen LogP contribution in [0.15, 0.2) is 52.2 Å². The van der Waals surface area contributed by atoms with Gasteiger partial charge in [0.15, 0.2) is 4.90 Å². The summed E-state index contributed by atoms with van der Waals surface area (Å²) in [7, 11) is -4.39. The predicted molar refractivity (Wildman–Crippen MR) is 130 cm³/mol. The molecule has 1 saturated carbocycles. The SMILES string of the molecule is O=C(O)NC1CCC(C(Cc2nc3ccc(F)cc3[nH]c2=O)NS(=O)(=O)c2ccccc2[N+](=O)[O-])CC1. The number of carbonyl (C=O) groups is 1. The number of rotatable bonds is 8. The number of hydrogen-bond acceptors (Lipinski definition) is 7. The van der Waals surface area contributed by atoms with Gasteiger partial charge in [0.1, 0.15) is 11.5 Å². The van der Waals surface area contributed by atoms with Crippen LogP contribution in [0.3, 0.4) is 0 Å². The van der Waals surface area contributed by atoms with E-state index in [4.69, 9.17) is 5.11 Å². The number of halogens is 1. The van der Waals surface area contributed by atoms with Gasteiger partial charge >= 0.3 is 6.09 Å². The number of nitro groups is 1. The highest BCUT2D eigenvalue weighted by atomic mass is 32.2. The molecule has 14 heteroatoms. The Morgan fingerprint density at radius 3 is 2.59 bits per heavy atom. The van der Waals surface area contributed by atoms with Crippen LogP contribution in [0.2, 0.25) is 0 Å². The van der Waals surface area contributed by atoms with Gasteiger partial charge in [-0.15, -0.1) is 0 Å². The van der Waals surface area contributed by atoms with E-state index in [0.29, 0.717) is 31.2 Å². The van der Waals surface area contributed by atoms with Gasteiger partial charge in [-0.2, -0.15) is 0 Å². The van der Waals surface area contributed by atoms with Gasteiger partial charge in [-0.1, -0.05) is 12.1 Å². The monoisotopic (exact) mass is 533 g/mol. The molecule has 2 aromatic carbocycles. The minimum atomic E-state index is -4.39. The minimum absolute atomic E-state index is 0.0140. The molecule has 0 radical (unpaired) electrons. The fourth-order valence-corrected chi connectivity index (χ4v) is 6.16. The number of carboxylic acid groups (broad SMARTS) is 1. The molecule has 12 nitrogen and oxygen atoms in total. The molecular weight excluding hydrogens is 509 g/mol. The number of benzene rings is 2. The van der Waals surface area contributed by atoms with Crippen molar-refractivity contribution in [2.45, 2.75) is 49.1 Å². The molecule has 1 aliphatic rings. The molecule has 1 aromatic heterocycles. The van der Waals surface area contributed by atoms with E-state index >= 15 is 0 Å². The van der Waals surface area contributed by atoms with Crippen LogP contribution in [-0.2, 0) is 16.4 Å². The molecule has 37 heavy (non-hydrogen) atoms. The zero-order valence-electron chi connectivity index (χ0n) is 19.4. The van der Waals surface area contributed by atoms with Crippen LogP contribution in [0.4, 0.5) is 14.9 Å². The van der Waals surface area contributed by atoms with E-state index < -0.39 is 49.0 Å². The fourth-order valence-electron chi connectivity index (χ4n) is 4.69. The van der Waals surface area contributed by atoms with Crippen LogP contribution in [0.25, 0.3) is 11.0 Å². The number of nitrogens with one attached hydrogen (secondary N) is 3. The van der Waals surface area contributed by atoms with Crippen molar-refractivity contribution in [2.24, 2.45) is 5.92 Å². The summed E-state index contributed by atoms with van der Waals surface area (Å²) in [6.07, 6.45) is 0.477. The standard InChI is InChI=1S/C23H24FN5O7S/c24-14-7-10-16-18(11-14)27-22(30)19(26-16)12-17(13-5-8-15(9-6-13)25-23(31)32)28-37(35,36)21-4-2-1-3-20(21)29(33)34/h1-4,7,10-11,13,15,17,25,28H,5-6,8-9,12H2,(H,27,30)(H,31,32). The van der Waals surface area contributed by atoms with E-state index in [0.717, 1.165) is 18.2 Å². The molecule has 0 spiro atoms. The smallest absolute Gasteiger partial charge is 0.404 e. The zero-order chi connectivity index (χ0) is 26.7. The minimum Gasteiger partial charge on any atom is -0.465 e. The Morgan fingerprint density at radius 1 is 1.22 bits per heavy atom. The summed E-state index contributed by atoms with van der Waals surface area (Å²) >= 11 is 0. The van der Waals surface area contributed by atoms with Gasteiger partial charge in [0.05, 0.1) is 16.0 Å². The van der Waals surface area contributed by atoms with E-state index in [-0.39, 0.29) is 29.6 Å². The molecule has 4 rings (SSSR count). The topological polar surface area (TPSA) is 184 Å². The summed E-state index contributed by atoms with van der Waals surface area (Å²) < 4.78 is 42.7. The number of nitro benzene ring substituents is 1. The lowest BCUT2D eigenvalue weighted by atomic mass is 9.80. The van der Waals surface area contributed by atoms with Crippen LogP contribution in [0.5, 0.6) is 0 Å². The summed E-state index contributed by atoms with van der Waals surface area (Å²) in [6.45, 7) is 0. The molecule has 1 amide bonds. The number of H-pyrrole nitrogens is 1. The Balaban J connectivity index is 1.67. The van der Waals surface area contributed by atoms with Crippen molar-refractivity contribution in [2.75, 3.05) is 0 Å². The summed E-state index contributed by atoms with van der Waals surface area (Å²) in [4.78, 5) is 40.7. The summed E-state index contributed by atoms with van der Waals surface area (Å²) in [6, 6.07) is 7.46. The molecule has 196 valence electrons. The van der Waals surface area contributed by atoms with Crippen LogP contribution in [0, 0.1) is 21.8 Å². The molecule has 1 unspecified atom stereocenters. The van der Waals surface area contributed by atoms with Gasteiger partial charge < -0.3 is 15.4 Å². The molecule has 1 aliphatic carbocycles. The average Bonchev–Trinajstić information content (AvgIpc) is 2.84. The fraction of sp³-hybridized carbons (Fsp3) is 0.348. The van der Waals surface area contributed by atoms with E-state index in [9.17, 15) is 32.5 Å². The molecule has 1 fully saturated rings. The molecule has 3 aromatic rings. The van der Waals surface area contributed by atoms with Gasteiger partial charge in [-0.25, -0.2) is 27.3 Å². The number of sulfonamides is 1. The predicted octanol–water partition coefficient (Wildman–Crippen LogP) is 2.69. The number of aromatic nitrogens is 2. The molecule has 0 saturated heterocycles. The van der Waals surface area contributed by atoms with Crippen LogP contribution in [-0.4, -0.2) is 46.6 Å². The Kier molecular flexibility index (Phi) is 7.50. The lowest BCUT2D eigenvalue weighted by molar-refractivity contribution is -0.387. The first-order chi connectivity index (χ1) is 17.5. The normalized spacial score (nSPS) is 18.8. The number of fused-ring (bicyclic) bond motifs is 1. The van der Waals surface area contributed by atoms with Crippen molar-refractivity contribution in [3.8, 4) is 0 Å². The number of nitrogens with zero attached hydrogens (tertiary/aromatic N) is 2. The molecule has 0 bridgehead atoms. The van der Waals surface area contributed by atoms with Crippen molar-refractivity contribution in [3.63, 3.8) is 0 Å². The van der Waals surface area contributed by atoms with Crippen molar-refractivity contribution >= 4 is 32.8 Å². The third kappa shape index (κ3) is 6.09. The van der Waals surface area contributed by atoms with Crippen molar-refractivity contribution in [1.82, 2.24) is 20.0 Å². The number of amides is 1. The summed E-state index contributed by atoms with van der Waals surface area (Å²) in [5.41, 5.74) is -0.696. The Labute approximate surface area is 210 Å². The third-order valence-corrected chi connectivity index (χ3v) is 8.00. The van der Waals surface area contributed by atoms with Gasteiger partial charge in [-0.3, -0.25) is 14.9 Å². The lowest BCUT2D eigenvalue weighted by Gasteiger charge is -2.34. The van der Waals surface area contributed by atoms with E-state index in [2.05, 4.69) is 20.0 Å². The second-order valence-electron chi connectivity index (χ2n) is 8.89. The maximum atomic E-state index is 13.6. The molecule has 1 heterocycles. The van der Waals surface area contributed by atoms with Gasteiger partial charge in [0, 0.05) is 24.6 Å². The maximum Gasteiger partial charge on any atom is 0.404 e. The van der Waals surface area contributed by atoms with Crippen LogP contribution < -0.4 is 15.6 Å². The summed E-state index contributed by atoms with van der Waals surface area (Å²) in [5, 5.41) is 22.9. The number of para-hydroxylation sites is 1. The molecule has 1 atom stereocenters. The van der Waals surface area contributed by atoms with Gasteiger partial charge in [-0.05, 0) is 55.9 Å². The Hall–Kier alpha value is -3.91. The second kappa shape index (κ2) is 10.6. The zero-order valence-corrected chi connectivity index (χ0v) is 20.2. The summed E-state index contributed by atoms with van der Waals surface area (Å²) in [5.74, 6) is -0.867. The third-order valence-electron chi connectivity index (χ3n) is 6.46. The first-order valence-corrected chi connectivity index (χ1v) is 13.0. The highest BCUT2D eigenvalue weighted by Crippen LogP contribution is 2.30. The van der Waals surface area contributed by atoms with E-state index in [1.165, 1.54) is 24.3 Å². The first kappa shape index (κ1) is 26.2. The number of hydrogen-bond donors (Lipinski definition) is 4. The Bertz CT molecular complexity index is 1500. The largest absolute Gasteiger partial charge is 0.465 e. The molecule has 0 aliphatic heterocycles. The maximum absolute atomic E-state index is 13.6. The quantitative estimate of drug-likeness (QED) is 0.251. The van der Waals surface area contributed by atoms with Crippen molar-refractivity contribution < 1.29 is 27.6 Å². The van der Waals surface area contributed by atoms with Crippen molar-refractivity contribution in [3.05, 3.63) is 74.4 Å². The Morgan fingerprint density at radius 2 is 1.92 bits per heavy atom. The highest BCUT2D eigenvalue weighted by Gasteiger charge is 2.34. The molecular formula is C23H24FN5O7S. The van der Waals surface area contributed by atoms with Crippen LogP contribution >= 0.6 is 0 Å². The second-order valence-corrected chi connectivity index (χ2v) is 10.6. The van der Waals surface area contributed by atoms with Gasteiger partial charge in [0.25, 0.3) is 11.2 Å². The van der Waals surface area contributed by atoms with Crippen molar-refractivity contribution in [1.29, 1.82) is 0 Å². The van der Waals surface area contributed by atoms with E-state index in [1.807, 2.05) is 0 Å². The first-order valence-electron chi connectivity index (χ1n) is 11.5. The average molecular weight is 534 g/mol. The van der Waals surface area contributed by atoms with E-state index in [1.54, 1.807) is 0 Å². The lowest BCUT2D eigenvalue weighted by Crippen LogP contribution is -2.46. The van der Waals surface area contributed by atoms with Gasteiger partial charge in [0.2, 0.25) is 10.0 Å².